The van der Waals surface area contributed by atoms with E-state index in [1.165, 1.54) is 11.3 Å². The Morgan fingerprint density at radius 3 is 2.79 bits per heavy atom. The maximum Gasteiger partial charge on any atom is 0.349 e. The van der Waals surface area contributed by atoms with E-state index in [4.69, 9.17) is 10.00 Å². The molecule has 0 aliphatic heterocycles. The van der Waals surface area contributed by atoms with Crippen LogP contribution in [0.5, 0.6) is 0 Å². The second-order valence-electron chi connectivity index (χ2n) is 2.51. The minimum atomic E-state index is -0.341. The summed E-state index contributed by atoms with van der Waals surface area (Å²) in [6.07, 6.45) is 0. The molecule has 0 saturated heterocycles. The Balaban J connectivity index is 3.13. The van der Waals surface area contributed by atoms with Crippen LogP contribution in [0.25, 0.3) is 0 Å². The molecule has 0 bridgehead atoms. The Morgan fingerprint density at radius 1 is 1.71 bits per heavy atom. The smallest absolute Gasteiger partial charge is 0.349 e. The van der Waals surface area contributed by atoms with Crippen molar-refractivity contribution in [1.82, 2.24) is 0 Å². The minimum Gasteiger partial charge on any atom is -0.462 e. The van der Waals surface area contributed by atoms with Crippen LogP contribution >= 0.6 is 33.9 Å². The van der Waals surface area contributed by atoms with E-state index in [2.05, 4.69) is 6.07 Å². The maximum absolute atomic E-state index is 11.4. The molecule has 0 aliphatic rings. The summed E-state index contributed by atoms with van der Waals surface area (Å²) < 4.78 is 5.58. The molecule has 1 rings (SSSR count). The first-order valence-corrected chi connectivity index (χ1v) is 5.87. The average molecular weight is 321 g/mol. The van der Waals surface area contributed by atoms with Crippen LogP contribution in [-0.2, 0) is 4.74 Å². The SMILES string of the molecule is CCOC(=O)c1sc(C)c(C#N)c1I. The zero-order valence-electron chi connectivity index (χ0n) is 7.76. The van der Waals surface area contributed by atoms with Gasteiger partial charge in [0.25, 0.3) is 0 Å². The van der Waals surface area contributed by atoms with Crippen molar-refractivity contribution in [2.45, 2.75) is 13.8 Å². The van der Waals surface area contributed by atoms with Gasteiger partial charge in [0, 0.05) is 4.88 Å². The fourth-order valence-electron chi connectivity index (χ4n) is 0.973. The van der Waals surface area contributed by atoms with Gasteiger partial charge >= 0.3 is 5.97 Å². The van der Waals surface area contributed by atoms with Gasteiger partial charge in [-0.2, -0.15) is 5.26 Å². The molecule has 3 nitrogen and oxygen atoms in total. The first-order valence-electron chi connectivity index (χ1n) is 3.97. The minimum absolute atomic E-state index is 0.341. The highest BCUT2D eigenvalue weighted by Crippen LogP contribution is 2.29. The van der Waals surface area contributed by atoms with Crippen molar-refractivity contribution in [3.05, 3.63) is 18.9 Å². The highest BCUT2D eigenvalue weighted by atomic mass is 127. The molecule has 0 aliphatic carbocycles. The molecule has 0 unspecified atom stereocenters. The number of hydrogen-bond acceptors (Lipinski definition) is 4. The lowest BCUT2D eigenvalue weighted by Crippen LogP contribution is -2.03. The van der Waals surface area contributed by atoms with Crippen LogP contribution in [0.1, 0.15) is 27.0 Å². The van der Waals surface area contributed by atoms with Crippen molar-refractivity contribution in [3.63, 3.8) is 0 Å². The number of hydrogen-bond donors (Lipinski definition) is 0. The van der Waals surface area contributed by atoms with Gasteiger partial charge in [-0.25, -0.2) is 4.79 Å². The van der Waals surface area contributed by atoms with Crippen LogP contribution in [-0.4, -0.2) is 12.6 Å². The number of nitrogens with zero attached hydrogens (tertiary/aromatic N) is 1. The van der Waals surface area contributed by atoms with E-state index in [1.807, 2.05) is 29.5 Å². The average Bonchev–Trinajstić information content (AvgIpc) is 2.42. The first-order chi connectivity index (χ1) is 6.61. The second-order valence-corrected chi connectivity index (χ2v) is 4.81. The molecule has 0 amide bonds. The summed E-state index contributed by atoms with van der Waals surface area (Å²) in [7, 11) is 0. The number of carbonyl (C=O) groups excluding carboxylic acids is 1. The molecule has 0 fully saturated rings. The topological polar surface area (TPSA) is 50.1 Å². The van der Waals surface area contributed by atoms with Crippen LogP contribution in [0.4, 0.5) is 0 Å². The van der Waals surface area contributed by atoms with Crippen molar-refractivity contribution in [2.24, 2.45) is 0 Å². The lowest BCUT2D eigenvalue weighted by molar-refractivity contribution is 0.0531. The monoisotopic (exact) mass is 321 g/mol. The number of aryl methyl sites for hydroxylation is 1. The number of esters is 1. The Morgan fingerprint density at radius 2 is 2.36 bits per heavy atom. The van der Waals surface area contributed by atoms with Crippen molar-refractivity contribution >= 4 is 39.9 Å². The third kappa shape index (κ3) is 2.07. The molecule has 74 valence electrons. The highest BCUT2D eigenvalue weighted by Gasteiger charge is 2.19. The molecule has 0 N–H and O–H groups in total. The normalized spacial score (nSPS) is 9.57. The summed E-state index contributed by atoms with van der Waals surface area (Å²) in [5, 5.41) is 8.82. The van der Waals surface area contributed by atoms with Crippen molar-refractivity contribution in [3.8, 4) is 6.07 Å². The second kappa shape index (κ2) is 4.75. The molecule has 1 aromatic heterocycles. The van der Waals surface area contributed by atoms with Gasteiger partial charge in [0.15, 0.2) is 0 Å². The Kier molecular flexibility index (Phi) is 3.89. The van der Waals surface area contributed by atoms with Crippen molar-refractivity contribution < 1.29 is 9.53 Å². The quantitative estimate of drug-likeness (QED) is 0.622. The van der Waals surface area contributed by atoms with Crippen LogP contribution in [0.3, 0.4) is 0 Å². The van der Waals surface area contributed by atoms with Crippen LogP contribution in [0.15, 0.2) is 0 Å². The third-order valence-corrected chi connectivity index (χ3v) is 4.13. The molecule has 1 heterocycles. The molecule has 0 aromatic carbocycles. The Hall–Kier alpha value is -0.610. The fourth-order valence-corrected chi connectivity index (χ4v) is 3.12. The summed E-state index contributed by atoms with van der Waals surface area (Å²) in [4.78, 5) is 12.8. The van der Waals surface area contributed by atoms with Gasteiger partial charge in [-0.15, -0.1) is 11.3 Å². The standard InChI is InChI=1S/C9H8INO2S/c1-3-13-9(12)8-7(10)6(4-11)5(2)14-8/h3H2,1-2H3. The van der Waals surface area contributed by atoms with Gasteiger partial charge in [0.1, 0.15) is 10.9 Å². The molecule has 0 saturated carbocycles. The molecule has 5 heteroatoms. The maximum atomic E-state index is 11.4. The highest BCUT2D eigenvalue weighted by molar-refractivity contribution is 14.1. The number of halogens is 1. The molecule has 0 radical (unpaired) electrons. The lowest BCUT2D eigenvalue weighted by Gasteiger charge is -1.98. The van der Waals surface area contributed by atoms with Crippen LogP contribution < -0.4 is 0 Å². The molecular weight excluding hydrogens is 313 g/mol. The fraction of sp³-hybridized carbons (Fsp3) is 0.333. The molecule has 0 atom stereocenters. The molecular formula is C9H8INO2S. The summed E-state index contributed by atoms with van der Waals surface area (Å²) in [6, 6.07) is 2.08. The third-order valence-electron chi connectivity index (χ3n) is 1.60. The summed E-state index contributed by atoms with van der Waals surface area (Å²) in [6.45, 7) is 3.94. The van der Waals surface area contributed by atoms with Crippen LogP contribution in [0.2, 0.25) is 0 Å². The number of carbonyl (C=O) groups is 1. The van der Waals surface area contributed by atoms with Crippen molar-refractivity contribution in [1.29, 1.82) is 5.26 Å². The summed E-state index contributed by atoms with van der Waals surface area (Å²) in [5.41, 5.74) is 0.582. The zero-order chi connectivity index (χ0) is 10.7. The number of nitriles is 1. The molecule has 1 aromatic rings. The van der Waals surface area contributed by atoms with E-state index < -0.39 is 0 Å². The largest absolute Gasteiger partial charge is 0.462 e. The molecule has 14 heavy (non-hydrogen) atoms. The zero-order valence-corrected chi connectivity index (χ0v) is 10.7. The van der Waals surface area contributed by atoms with E-state index in [1.54, 1.807) is 6.92 Å². The predicted octanol–water partition coefficient (Wildman–Crippen LogP) is 2.71. The number of ether oxygens (including phenoxy) is 1. The van der Waals surface area contributed by atoms with E-state index in [9.17, 15) is 4.79 Å². The van der Waals surface area contributed by atoms with E-state index in [0.717, 1.165) is 4.88 Å². The number of rotatable bonds is 2. The first kappa shape index (κ1) is 11.5. The van der Waals surface area contributed by atoms with Gasteiger partial charge in [-0.3, -0.25) is 0 Å². The van der Waals surface area contributed by atoms with Gasteiger partial charge in [-0.1, -0.05) is 0 Å². The summed E-state index contributed by atoms with van der Waals surface area (Å²) in [5.74, 6) is -0.341. The van der Waals surface area contributed by atoms with Gasteiger partial charge in [0.05, 0.1) is 15.7 Å². The van der Waals surface area contributed by atoms with Crippen LogP contribution in [0, 0.1) is 21.8 Å². The Labute approximate surface area is 99.8 Å². The summed E-state index contributed by atoms with van der Waals surface area (Å²) >= 11 is 3.31. The van der Waals surface area contributed by atoms with E-state index in [0.29, 0.717) is 20.6 Å². The van der Waals surface area contributed by atoms with Gasteiger partial charge < -0.3 is 4.74 Å². The Bertz CT molecular complexity index is 406. The van der Waals surface area contributed by atoms with E-state index in [-0.39, 0.29) is 5.97 Å². The number of thiophene rings is 1. The van der Waals surface area contributed by atoms with E-state index >= 15 is 0 Å². The van der Waals surface area contributed by atoms with Gasteiger partial charge in [0.2, 0.25) is 0 Å². The molecule has 0 spiro atoms. The van der Waals surface area contributed by atoms with Gasteiger partial charge in [-0.05, 0) is 36.4 Å². The van der Waals surface area contributed by atoms with Crippen molar-refractivity contribution in [2.75, 3.05) is 6.61 Å². The lowest BCUT2D eigenvalue weighted by atomic mass is 10.3. The predicted molar refractivity (Wildman–Crippen MR) is 62.4 cm³/mol.